The van der Waals surface area contributed by atoms with Crippen LogP contribution in [0.2, 0.25) is 0 Å². The van der Waals surface area contributed by atoms with Crippen molar-refractivity contribution in [1.82, 2.24) is 4.57 Å². The van der Waals surface area contributed by atoms with E-state index in [1.165, 1.54) is 76.5 Å². The van der Waals surface area contributed by atoms with Crippen molar-refractivity contribution in [3.05, 3.63) is 139 Å². The minimum Gasteiger partial charge on any atom is -0.309 e. The van der Waals surface area contributed by atoms with Crippen molar-refractivity contribution in [3.8, 4) is 16.8 Å². The normalized spacial score (nSPS) is 11.8. The number of hydrogen-bond donors (Lipinski definition) is 0. The van der Waals surface area contributed by atoms with Crippen molar-refractivity contribution in [1.29, 1.82) is 0 Å². The van der Waals surface area contributed by atoms with Gasteiger partial charge in [0.2, 0.25) is 0 Å². The van der Waals surface area contributed by atoms with Crippen molar-refractivity contribution in [2.24, 2.45) is 0 Å². The van der Waals surface area contributed by atoms with Crippen molar-refractivity contribution in [2.45, 2.75) is 6.92 Å². The lowest BCUT2D eigenvalue weighted by Gasteiger charge is -2.14. The Morgan fingerprint density at radius 1 is 0.368 bits per heavy atom. The molecule has 0 aliphatic rings. The number of nitrogens with zero attached hydrogens (tertiary/aromatic N) is 1. The number of benzene rings is 7. The third kappa shape index (κ3) is 3.06. The summed E-state index contributed by atoms with van der Waals surface area (Å²) in [4.78, 5) is 0. The molecule has 0 saturated carbocycles. The molecule has 0 aliphatic heterocycles. The Kier molecular flexibility index (Phi) is 4.50. The summed E-state index contributed by atoms with van der Waals surface area (Å²) in [6.07, 6.45) is 0. The lowest BCUT2D eigenvalue weighted by Crippen LogP contribution is -1.94. The maximum atomic E-state index is 2.42. The highest BCUT2D eigenvalue weighted by atomic mass is 15.0. The average molecular weight is 484 g/mol. The molecule has 0 bridgehead atoms. The van der Waals surface area contributed by atoms with Gasteiger partial charge in [0.25, 0.3) is 0 Å². The van der Waals surface area contributed by atoms with Gasteiger partial charge in [-0.15, -0.1) is 0 Å². The zero-order valence-corrected chi connectivity index (χ0v) is 21.1. The maximum absolute atomic E-state index is 2.42. The van der Waals surface area contributed by atoms with Crippen molar-refractivity contribution in [3.63, 3.8) is 0 Å². The number of fused-ring (bicyclic) bond motifs is 9. The van der Waals surface area contributed by atoms with E-state index < -0.39 is 0 Å². The Labute approximate surface area is 221 Å². The zero-order chi connectivity index (χ0) is 25.2. The quantitative estimate of drug-likeness (QED) is 0.216. The number of aryl methyl sites for hydroxylation is 1. The van der Waals surface area contributed by atoms with Crippen molar-refractivity contribution >= 4 is 54.1 Å². The van der Waals surface area contributed by atoms with E-state index in [0.717, 1.165) is 0 Å². The molecular formula is C37H25N. The van der Waals surface area contributed by atoms with E-state index in [1.807, 2.05) is 0 Å². The van der Waals surface area contributed by atoms with Crippen LogP contribution in [0.25, 0.3) is 70.9 Å². The molecule has 7 aromatic carbocycles. The topological polar surface area (TPSA) is 4.93 Å². The summed E-state index contributed by atoms with van der Waals surface area (Å²) in [5.74, 6) is 0. The average Bonchev–Trinajstić information content (AvgIpc) is 3.31. The van der Waals surface area contributed by atoms with Gasteiger partial charge in [-0.1, -0.05) is 109 Å². The van der Waals surface area contributed by atoms with E-state index >= 15 is 0 Å². The fraction of sp³-hybridized carbons (Fsp3) is 0.0270. The molecule has 1 heteroatoms. The molecule has 178 valence electrons. The Balaban J connectivity index is 1.43. The SMILES string of the molecule is Cc1ccc(-c2ccc3c(c2)c2ccccc2n3-c2ccc3c4ccccc4c4ccccc4c3c2)cc1. The summed E-state index contributed by atoms with van der Waals surface area (Å²) in [7, 11) is 0. The molecular weight excluding hydrogens is 458 g/mol. The first-order valence-corrected chi connectivity index (χ1v) is 13.2. The molecule has 1 aromatic heterocycles. The fourth-order valence-electron chi connectivity index (χ4n) is 6.21. The summed E-state index contributed by atoms with van der Waals surface area (Å²) in [6.45, 7) is 2.14. The Morgan fingerprint density at radius 3 is 1.58 bits per heavy atom. The zero-order valence-electron chi connectivity index (χ0n) is 21.1. The van der Waals surface area contributed by atoms with Gasteiger partial charge in [-0.25, -0.2) is 0 Å². The smallest absolute Gasteiger partial charge is 0.0541 e. The van der Waals surface area contributed by atoms with E-state index in [4.69, 9.17) is 0 Å². The van der Waals surface area contributed by atoms with Gasteiger partial charge in [0.05, 0.1) is 11.0 Å². The van der Waals surface area contributed by atoms with Gasteiger partial charge in [-0.3, -0.25) is 0 Å². The molecule has 0 unspecified atom stereocenters. The number of rotatable bonds is 2. The van der Waals surface area contributed by atoms with E-state index in [2.05, 4.69) is 145 Å². The van der Waals surface area contributed by atoms with Crippen LogP contribution in [-0.4, -0.2) is 4.57 Å². The van der Waals surface area contributed by atoms with Gasteiger partial charge in [0, 0.05) is 16.5 Å². The Morgan fingerprint density at radius 2 is 0.895 bits per heavy atom. The molecule has 0 fully saturated rings. The minimum absolute atomic E-state index is 1.19. The van der Waals surface area contributed by atoms with E-state index in [9.17, 15) is 0 Å². The molecule has 0 atom stereocenters. The molecule has 0 saturated heterocycles. The number of hydrogen-bond acceptors (Lipinski definition) is 0. The molecule has 1 nitrogen and oxygen atoms in total. The van der Waals surface area contributed by atoms with Crippen LogP contribution in [0, 0.1) is 6.92 Å². The van der Waals surface area contributed by atoms with Crippen LogP contribution in [0.3, 0.4) is 0 Å². The van der Waals surface area contributed by atoms with Crippen LogP contribution >= 0.6 is 0 Å². The van der Waals surface area contributed by atoms with Crippen LogP contribution < -0.4 is 0 Å². The number of aromatic nitrogens is 1. The monoisotopic (exact) mass is 483 g/mol. The van der Waals surface area contributed by atoms with Gasteiger partial charge in [-0.2, -0.15) is 0 Å². The Bertz CT molecular complexity index is 2140. The van der Waals surface area contributed by atoms with Crippen LogP contribution in [0.5, 0.6) is 0 Å². The first kappa shape index (κ1) is 21.2. The predicted molar refractivity (Wildman–Crippen MR) is 163 cm³/mol. The van der Waals surface area contributed by atoms with Gasteiger partial charge in [0.15, 0.2) is 0 Å². The largest absolute Gasteiger partial charge is 0.309 e. The highest BCUT2D eigenvalue weighted by Crippen LogP contribution is 2.39. The molecule has 0 spiro atoms. The summed E-state index contributed by atoms with van der Waals surface area (Å²) < 4.78 is 2.42. The minimum atomic E-state index is 1.19. The molecule has 0 aliphatic carbocycles. The predicted octanol–water partition coefficient (Wildman–Crippen LogP) is 10.2. The van der Waals surface area contributed by atoms with Crippen LogP contribution in [0.15, 0.2) is 133 Å². The summed E-state index contributed by atoms with van der Waals surface area (Å²) in [6, 6.07) is 49.0. The van der Waals surface area contributed by atoms with Crippen molar-refractivity contribution in [2.75, 3.05) is 0 Å². The third-order valence-electron chi connectivity index (χ3n) is 8.04. The van der Waals surface area contributed by atoms with Gasteiger partial charge < -0.3 is 4.57 Å². The third-order valence-corrected chi connectivity index (χ3v) is 8.04. The van der Waals surface area contributed by atoms with Gasteiger partial charge in [0.1, 0.15) is 0 Å². The van der Waals surface area contributed by atoms with E-state index in [0.29, 0.717) is 0 Å². The molecule has 8 aromatic rings. The molecule has 0 radical (unpaired) electrons. The molecule has 1 heterocycles. The van der Waals surface area contributed by atoms with Crippen LogP contribution in [0.1, 0.15) is 5.56 Å². The van der Waals surface area contributed by atoms with Crippen LogP contribution in [-0.2, 0) is 0 Å². The van der Waals surface area contributed by atoms with Gasteiger partial charge >= 0.3 is 0 Å². The highest BCUT2D eigenvalue weighted by Gasteiger charge is 2.15. The highest BCUT2D eigenvalue weighted by molar-refractivity contribution is 6.25. The molecule has 38 heavy (non-hydrogen) atoms. The molecule has 8 rings (SSSR count). The second-order valence-corrected chi connectivity index (χ2v) is 10.3. The summed E-state index contributed by atoms with van der Waals surface area (Å²) >= 11 is 0. The summed E-state index contributed by atoms with van der Waals surface area (Å²) in [5, 5.41) is 10.4. The van der Waals surface area contributed by atoms with E-state index in [1.54, 1.807) is 0 Å². The fourth-order valence-corrected chi connectivity index (χ4v) is 6.21. The lowest BCUT2D eigenvalue weighted by atomic mass is 9.94. The standard InChI is InChI=1S/C37H25N/c1-24-14-16-25(17-15-24)26-18-21-37-35(22-26)33-12-6-7-13-36(33)38(37)27-19-20-32-30-10-3-2-8-28(30)29-9-4-5-11-31(29)34(32)23-27/h2-23H,1H3. The number of para-hydroxylation sites is 1. The molecule has 0 amide bonds. The van der Waals surface area contributed by atoms with Crippen LogP contribution in [0.4, 0.5) is 0 Å². The maximum Gasteiger partial charge on any atom is 0.0541 e. The first-order chi connectivity index (χ1) is 18.8. The second kappa shape index (κ2) is 8.06. The van der Waals surface area contributed by atoms with E-state index in [-0.39, 0.29) is 0 Å². The Hall–Kier alpha value is -4.88. The lowest BCUT2D eigenvalue weighted by molar-refractivity contribution is 1.19. The summed E-state index contributed by atoms with van der Waals surface area (Å²) in [5.41, 5.74) is 7.42. The second-order valence-electron chi connectivity index (χ2n) is 10.3. The van der Waals surface area contributed by atoms with Crippen molar-refractivity contribution < 1.29 is 0 Å². The molecule has 0 N–H and O–H groups in total. The first-order valence-electron chi connectivity index (χ1n) is 13.2. The van der Waals surface area contributed by atoms with Gasteiger partial charge in [-0.05, 0) is 80.7 Å².